The van der Waals surface area contributed by atoms with Crippen LogP contribution in [0.15, 0.2) is 22.0 Å². The average molecular weight is 273 g/mol. The molecule has 0 atom stereocenters. The summed E-state index contributed by atoms with van der Waals surface area (Å²) >= 11 is 10.7. The minimum absolute atomic E-state index is 0.691. The quantitative estimate of drug-likeness (QED) is 0.705. The first-order chi connectivity index (χ1) is 6.22. The second kappa shape index (κ2) is 3.30. The Bertz CT molecular complexity index is 512. The molecule has 0 saturated carbocycles. The lowest BCUT2D eigenvalue weighted by Gasteiger charge is -1.89. The van der Waals surface area contributed by atoms with Crippen molar-refractivity contribution in [3.63, 3.8) is 0 Å². The largest absolute Gasteiger partial charge is 0.192 e. The van der Waals surface area contributed by atoms with Crippen molar-refractivity contribution in [1.82, 2.24) is 0 Å². The summed E-state index contributed by atoms with van der Waals surface area (Å²) in [4.78, 5) is 0. The van der Waals surface area contributed by atoms with Crippen molar-refractivity contribution in [1.29, 1.82) is 5.26 Å². The van der Waals surface area contributed by atoms with Crippen molar-refractivity contribution < 1.29 is 0 Å². The van der Waals surface area contributed by atoms with Gasteiger partial charge in [-0.2, -0.15) is 5.26 Å². The van der Waals surface area contributed by atoms with Gasteiger partial charge in [0.25, 0.3) is 0 Å². The van der Waals surface area contributed by atoms with Crippen LogP contribution in [0.1, 0.15) is 5.56 Å². The summed E-state index contributed by atoms with van der Waals surface area (Å²) in [7, 11) is 0. The molecule has 4 heteroatoms. The van der Waals surface area contributed by atoms with Crippen LogP contribution in [0, 0.1) is 11.3 Å². The number of hydrogen-bond acceptors (Lipinski definition) is 2. The Balaban J connectivity index is 2.88. The number of nitriles is 1. The SMILES string of the molecule is N#Cc1c(Br)sc2cc(Cl)ccc12. The third-order valence-electron chi connectivity index (χ3n) is 1.72. The number of halogens is 2. The summed E-state index contributed by atoms with van der Waals surface area (Å²) < 4.78 is 1.91. The molecule has 1 heterocycles. The minimum Gasteiger partial charge on any atom is -0.192 e. The monoisotopic (exact) mass is 271 g/mol. The van der Waals surface area contributed by atoms with E-state index in [9.17, 15) is 0 Å². The average Bonchev–Trinajstić information content (AvgIpc) is 2.39. The fraction of sp³-hybridized carbons (Fsp3) is 0. The molecular formula is C9H3BrClNS. The van der Waals surface area contributed by atoms with Crippen LogP contribution in [0.2, 0.25) is 5.02 Å². The fourth-order valence-corrected chi connectivity index (χ4v) is 3.12. The third-order valence-corrected chi connectivity index (χ3v) is 3.78. The molecule has 2 aromatic rings. The first-order valence-electron chi connectivity index (χ1n) is 3.50. The molecule has 0 fully saturated rings. The molecule has 0 spiro atoms. The zero-order valence-corrected chi connectivity index (χ0v) is 9.50. The van der Waals surface area contributed by atoms with Gasteiger partial charge in [0.05, 0.1) is 9.35 Å². The second-order valence-corrected chi connectivity index (χ2v) is 5.31. The highest BCUT2D eigenvalue weighted by Crippen LogP contribution is 2.35. The Kier molecular flexibility index (Phi) is 2.29. The van der Waals surface area contributed by atoms with E-state index in [1.54, 1.807) is 6.07 Å². The smallest absolute Gasteiger partial charge is 0.102 e. The molecule has 0 saturated heterocycles. The number of thiophene rings is 1. The molecule has 0 bridgehead atoms. The van der Waals surface area contributed by atoms with Crippen LogP contribution in [-0.2, 0) is 0 Å². The Morgan fingerprint density at radius 2 is 2.23 bits per heavy atom. The Morgan fingerprint density at radius 3 is 2.92 bits per heavy atom. The summed E-state index contributed by atoms with van der Waals surface area (Å²) in [6, 6.07) is 7.69. The highest BCUT2D eigenvalue weighted by Gasteiger charge is 2.09. The maximum Gasteiger partial charge on any atom is 0.102 e. The normalized spacial score (nSPS) is 10.2. The van der Waals surface area contributed by atoms with E-state index in [1.807, 2.05) is 12.1 Å². The molecule has 0 radical (unpaired) electrons. The standard InChI is InChI=1S/C9H3BrClNS/c10-9-7(4-12)6-2-1-5(11)3-8(6)13-9/h1-3H. The highest BCUT2D eigenvalue weighted by molar-refractivity contribution is 9.11. The van der Waals surface area contributed by atoms with E-state index < -0.39 is 0 Å². The van der Waals surface area contributed by atoms with E-state index in [0.29, 0.717) is 10.6 Å². The van der Waals surface area contributed by atoms with Gasteiger partial charge in [-0.1, -0.05) is 17.7 Å². The third kappa shape index (κ3) is 1.46. The first kappa shape index (κ1) is 9.01. The minimum atomic E-state index is 0.691. The van der Waals surface area contributed by atoms with Crippen LogP contribution in [0.5, 0.6) is 0 Å². The zero-order valence-electron chi connectivity index (χ0n) is 6.34. The molecule has 1 aromatic carbocycles. The number of rotatable bonds is 0. The Labute approximate surface area is 92.7 Å². The van der Waals surface area contributed by atoms with E-state index in [-0.39, 0.29) is 0 Å². The van der Waals surface area contributed by atoms with Gasteiger partial charge in [-0.05, 0) is 28.1 Å². The van der Waals surface area contributed by atoms with Crippen molar-refractivity contribution in [2.24, 2.45) is 0 Å². The second-order valence-electron chi connectivity index (χ2n) is 2.50. The molecule has 0 unspecified atom stereocenters. The van der Waals surface area contributed by atoms with Gasteiger partial charge in [-0.25, -0.2) is 0 Å². The maximum absolute atomic E-state index is 8.87. The molecule has 0 aliphatic rings. The van der Waals surface area contributed by atoms with Gasteiger partial charge in [0, 0.05) is 15.1 Å². The van der Waals surface area contributed by atoms with E-state index in [4.69, 9.17) is 16.9 Å². The van der Waals surface area contributed by atoms with Crippen molar-refractivity contribution in [3.8, 4) is 6.07 Å². The Morgan fingerprint density at radius 1 is 1.46 bits per heavy atom. The molecule has 1 nitrogen and oxygen atoms in total. The Hall–Kier alpha value is -0.560. The maximum atomic E-state index is 8.87. The van der Waals surface area contributed by atoms with Crippen LogP contribution < -0.4 is 0 Å². The molecule has 0 aliphatic carbocycles. The molecule has 0 aliphatic heterocycles. The van der Waals surface area contributed by atoms with Crippen LogP contribution >= 0.6 is 38.9 Å². The lowest BCUT2D eigenvalue weighted by atomic mass is 10.2. The van der Waals surface area contributed by atoms with Gasteiger partial charge in [0.1, 0.15) is 6.07 Å². The molecule has 0 N–H and O–H groups in total. The molecule has 1 aromatic heterocycles. The predicted octanol–water partition coefficient (Wildman–Crippen LogP) is 4.19. The van der Waals surface area contributed by atoms with Crippen molar-refractivity contribution >= 4 is 49.0 Å². The van der Waals surface area contributed by atoms with E-state index >= 15 is 0 Å². The summed E-state index contributed by atoms with van der Waals surface area (Å²) in [6.07, 6.45) is 0. The molecule has 0 amide bonds. The van der Waals surface area contributed by atoms with E-state index in [0.717, 1.165) is 13.9 Å². The van der Waals surface area contributed by atoms with Crippen LogP contribution in [-0.4, -0.2) is 0 Å². The van der Waals surface area contributed by atoms with Crippen LogP contribution in [0.25, 0.3) is 10.1 Å². The molecular weight excluding hydrogens is 270 g/mol. The van der Waals surface area contributed by atoms with Gasteiger partial charge >= 0.3 is 0 Å². The summed E-state index contributed by atoms with van der Waals surface area (Å²) in [5.74, 6) is 0. The topological polar surface area (TPSA) is 23.8 Å². The lowest BCUT2D eigenvalue weighted by Crippen LogP contribution is -1.70. The van der Waals surface area contributed by atoms with Gasteiger partial charge < -0.3 is 0 Å². The van der Waals surface area contributed by atoms with Crippen LogP contribution in [0.4, 0.5) is 0 Å². The lowest BCUT2D eigenvalue weighted by molar-refractivity contribution is 1.51. The van der Waals surface area contributed by atoms with Crippen LogP contribution in [0.3, 0.4) is 0 Å². The van der Waals surface area contributed by atoms with Crippen molar-refractivity contribution in [3.05, 3.63) is 32.6 Å². The van der Waals surface area contributed by atoms with Crippen molar-refractivity contribution in [2.45, 2.75) is 0 Å². The number of hydrogen-bond donors (Lipinski definition) is 0. The summed E-state index contributed by atoms with van der Waals surface area (Å²) in [6.45, 7) is 0. The molecule has 2 rings (SSSR count). The predicted molar refractivity (Wildman–Crippen MR) is 59.3 cm³/mol. The summed E-state index contributed by atoms with van der Waals surface area (Å²) in [5, 5.41) is 10.5. The van der Waals surface area contributed by atoms with Gasteiger partial charge in [0.2, 0.25) is 0 Å². The number of benzene rings is 1. The van der Waals surface area contributed by atoms with Gasteiger partial charge in [-0.3, -0.25) is 0 Å². The number of nitrogens with zero attached hydrogens (tertiary/aromatic N) is 1. The van der Waals surface area contributed by atoms with Crippen molar-refractivity contribution in [2.75, 3.05) is 0 Å². The molecule has 13 heavy (non-hydrogen) atoms. The van der Waals surface area contributed by atoms with E-state index in [1.165, 1.54) is 11.3 Å². The van der Waals surface area contributed by atoms with Gasteiger partial charge in [-0.15, -0.1) is 11.3 Å². The first-order valence-corrected chi connectivity index (χ1v) is 5.49. The highest BCUT2D eigenvalue weighted by atomic mass is 79.9. The summed E-state index contributed by atoms with van der Waals surface area (Å²) in [5.41, 5.74) is 0.691. The van der Waals surface area contributed by atoms with E-state index in [2.05, 4.69) is 22.0 Å². The fourth-order valence-electron chi connectivity index (χ4n) is 1.14. The zero-order chi connectivity index (χ0) is 9.42. The number of fused-ring (bicyclic) bond motifs is 1. The molecule has 64 valence electrons. The van der Waals surface area contributed by atoms with Gasteiger partial charge in [0.15, 0.2) is 0 Å².